The number of carbonyl (C=O) groups is 1. The molecular formula is C15H18FN3O2. The number of nitrogens with zero attached hydrogens (tertiary/aromatic N) is 2. The molecule has 112 valence electrons. The second-order valence-electron chi connectivity index (χ2n) is 4.69. The first kappa shape index (κ1) is 15.0. The van der Waals surface area contributed by atoms with Gasteiger partial charge in [-0.2, -0.15) is 0 Å². The van der Waals surface area contributed by atoms with Crippen molar-refractivity contribution in [2.75, 3.05) is 13.2 Å². The zero-order valence-corrected chi connectivity index (χ0v) is 12.1. The van der Waals surface area contributed by atoms with Crippen molar-refractivity contribution in [3.05, 3.63) is 47.8 Å². The molecule has 2 rings (SSSR count). The van der Waals surface area contributed by atoms with Crippen LogP contribution in [0, 0.1) is 19.7 Å². The Morgan fingerprint density at radius 2 is 2.05 bits per heavy atom. The van der Waals surface area contributed by atoms with Crippen LogP contribution in [0.15, 0.2) is 30.5 Å². The highest BCUT2D eigenvalue weighted by Gasteiger charge is 2.05. The van der Waals surface area contributed by atoms with Gasteiger partial charge in [0.15, 0.2) is 6.61 Å². The first-order chi connectivity index (χ1) is 10.1. The molecule has 21 heavy (non-hydrogen) atoms. The number of benzene rings is 1. The third kappa shape index (κ3) is 4.30. The second-order valence-corrected chi connectivity index (χ2v) is 4.69. The van der Waals surface area contributed by atoms with Crippen LogP contribution in [0.25, 0.3) is 0 Å². The molecular weight excluding hydrogens is 273 g/mol. The van der Waals surface area contributed by atoms with Gasteiger partial charge in [0.05, 0.1) is 0 Å². The quantitative estimate of drug-likeness (QED) is 0.883. The van der Waals surface area contributed by atoms with E-state index in [0.717, 1.165) is 11.5 Å². The monoisotopic (exact) mass is 291 g/mol. The Hall–Kier alpha value is -2.37. The van der Waals surface area contributed by atoms with Crippen LogP contribution < -0.4 is 10.1 Å². The molecule has 6 heteroatoms. The fourth-order valence-electron chi connectivity index (χ4n) is 1.96. The Labute approximate surface area is 122 Å². The molecule has 5 nitrogen and oxygen atoms in total. The van der Waals surface area contributed by atoms with E-state index in [4.69, 9.17) is 4.74 Å². The van der Waals surface area contributed by atoms with E-state index in [1.165, 1.54) is 24.3 Å². The van der Waals surface area contributed by atoms with Crippen molar-refractivity contribution in [3.63, 3.8) is 0 Å². The molecule has 0 fully saturated rings. The highest BCUT2D eigenvalue weighted by Crippen LogP contribution is 2.10. The number of imidazole rings is 1. The lowest BCUT2D eigenvalue weighted by Crippen LogP contribution is -2.31. The predicted octanol–water partition coefficient (Wildman–Crippen LogP) is 1.83. The van der Waals surface area contributed by atoms with E-state index in [1.807, 2.05) is 18.4 Å². The summed E-state index contributed by atoms with van der Waals surface area (Å²) < 4.78 is 20.0. The van der Waals surface area contributed by atoms with E-state index < -0.39 is 0 Å². The Bertz CT molecular complexity index is 588. The van der Waals surface area contributed by atoms with Gasteiger partial charge in [0.25, 0.3) is 5.91 Å². The van der Waals surface area contributed by atoms with E-state index in [0.29, 0.717) is 18.8 Å². The minimum atomic E-state index is -0.335. The molecule has 0 saturated heterocycles. The van der Waals surface area contributed by atoms with Gasteiger partial charge in [0, 0.05) is 25.0 Å². The van der Waals surface area contributed by atoms with E-state index in [-0.39, 0.29) is 18.3 Å². The van der Waals surface area contributed by atoms with Crippen LogP contribution in [0.5, 0.6) is 5.75 Å². The maximum atomic E-state index is 12.7. The van der Waals surface area contributed by atoms with E-state index in [1.54, 1.807) is 6.20 Å². The third-order valence-electron chi connectivity index (χ3n) is 3.10. The number of carbonyl (C=O) groups excluding carboxylic acids is 1. The van der Waals surface area contributed by atoms with Crippen molar-refractivity contribution < 1.29 is 13.9 Å². The van der Waals surface area contributed by atoms with Crippen LogP contribution >= 0.6 is 0 Å². The molecule has 0 aliphatic rings. The number of ether oxygens (including phenoxy) is 1. The van der Waals surface area contributed by atoms with Gasteiger partial charge in [-0.25, -0.2) is 9.37 Å². The number of hydrogen-bond acceptors (Lipinski definition) is 3. The minimum absolute atomic E-state index is 0.0898. The summed E-state index contributed by atoms with van der Waals surface area (Å²) in [6.07, 6.45) is 1.80. The maximum Gasteiger partial charge on any atom is 0.258 e. The summed E-state index contributed by atoms with van der Waals surface area (Å²) in [5.41, 5.74) is 1.06. The molecule has 0 bridgehead atoms. The standard InChI is InChI=1S/C15H18FN3O2/c1-11-9-18-12(2)19(11)8-7-17-15(20)10-21-14-5-3-13(16)4-6-14/h3-6,9H,7-8,10H2,1-2H3,(H,17,20). The largest absolute Gasteiger partial charge is 0.484 e. The Morgan fingerprint density at radius 3 is 2.67 bits per heavy atom. The normalized spacial score (nSPS) is 10.4. The van der Waals surface area contributed by atoms with E-state index in [2.05, 4.69) is 10.3 Å². The number of aromatic nitrogens is 2. The lowest BCUT2D eigenvalue weighted by Gasteiger charge is -2.10. The Balaban J connectivity index is 1.71. The summed E-state index contributed by atoms with van der Waals surface area (Å²) in [4.78, 5) is 15.8. The summed E-state index contributed by atoms with van der Waals surface area (Å²) in [5, 5.41) is 2.77. The van der Waals surface area contributed by atoms with Gasteiger partial charge in [-0.1, -0.05) is 0 Å². The van der Waals surface area contributed by atoms with Crippen LogP contribution in [0.3, 0.4) is 0 Å². The molecule has 1 aromatic carbocycles. The molecule has 0 unspecified atom stereocenters. The lowest BCUT2D eigenvalue weighted by molar-refractivity contribution is -0.123. The Kier molecular flexibility index (Phi) is 4.92. The third-order valence-corrected chi connectivity index (χ3v) is 3.10. The van der Waals surface area contributed by atoms with Gasteiger partial charge in [-0.05, 0) is 38.1 Å². The number of aryl methyl sites for hydroxylation is 2. The molecule has 0 spiro atoms. The average Bonchev–Trinajstić information content (AvgIpc) is 2.78. The molecule has 0 radical (unpaired) electrons. The SMILES string of the molecule is Cc1cnc(C)n1CCNC(=O)COc1ccc(F)cc1. The molecule has 1 aromatic heterocycles. The fourth-order valence-corrected chi connectivity index (χ4v) is 1.96. The maximum absolute atomic E-state index is 12.7. The summed E-state index contributed by atoms with van der Waals surface area (Å²) in [7, 11) is 0. The summed E-state index contributed by atoms with van der Waals surface area (Å²) in [6, 6.07) is 5.55. The molecule has 0 atom stereocenters. The molecule has 1 heterocycles. The zero-order valence-electron chi connectivity index (χ0n) is 12.1. The van der Waals surface area contributed by atoms with Gasteiger partial charge in [0.1, 0.15) is 17.4 Å². The molecule has 1 N–H and O–H groups in total. The second kappa shape index (κ2) is 6.88. The van der Waals surface area contributed by atoms with Crippen LogP contribution in [-0.2, 0) is 11.3 Å². The van der Waals surface area contributed by atoms with E-state index >= 15 is 0 Å². The average molecular weight is 291 g/mol. The molecule has 0 aliphatic heterocycles. The summed E-state index contributed by atoms with van der Waals surface area (Å²) in [6.45, 7) is 4.98. The van der Waals surface area contributed by atoms with Crippen LogP contribution in [0.1, 0.15) is 11.5 Å². The number of rotatable bonds is 6. The minimum Gasteiger partial charge on any atom is -0.484 e. The van der Waals surface area contributed by atoms with Crippen molar-refractivity contribution in [1.82, 2.24) is 14.9 Å². The first-order valence-corrected chi connectivity index (χ1v) is 6.70. The Morgan fingerprint density at radius 1 is 1.33 bits per heavy atom. The fraction of sp³-hybridized carbons (Fsp3) is 0.333. The predicted molar refractivity (Wildman–Crippen MR) is 76.6 cm³/mol. The van der Waals surface area contributed by atoms with Crippen molar-refractivity contribution in [2.45, 2.75) is 20.4 Å². The van der Waals surface area contributed by atoms with Gasteiger partial charge < -0.3 is 14.6 Å². The van der Waals surface area contributed by atoms with Gasteiger partial charge in [-0.15, -0.1) is 0 Å². The molecule has 1 amide bonds. The van der Waals surface area contributed by atoms with Crippen molar-refractivity contribution in [1.29, 1.82) is 0 Å². The molecule has 0 saturated carbocycles. The number of halogens is 1. The highest BCUT2D eigenvalue weighted by molar-refractivity contribution is 5.77. The zero-order chi connectivity index (χ0) is 15.2. The topological polar surface area (TPSA) is 56.2 Å². The van der Waals surface area contributed by atoms with Crippen molar-refractivity contribution in [2.24, 2.45) is 0 Å². The van der Waals surface area contributed by atoms with Gasteiger partial charge >= 0.3 is 0 Å². The highest BCUT2D eigenvalue weighted by atomic mass is 19.1. The number of hydrogen-bond donors (Lipinski definition) is 1. The van der Waals surface area contributed by atoms with E-state index in [9.17, 15) is 9.18 Å². The van der Waals surface area contributed by atoms with Gasteiger partial charge in [-0.3, -0.25) is 4.79 Å². The van der Waals surface area contributed by atoms with Crippen molar-refractivity contribution in [3.8, 4) is 5.75 Å². The molecule has 2 aromatic rings. The van der Waals surface area contributed by atoms with Crippen LogP contribution in [-0.4, -0.2) is 28.6 Å². The first-order valence-electron chi connectivity index (χ1n) is 6.70. The smallest absolute Gasteiger partial charge is 0.258 e. The van der Waals surface area contributed by atoms with Crippen LogP contribution in [0.2, 0.25) is 0 Å². The number of amides is 1. The summed E-state index contributed by atoms with van der Waals surface area (Å²) in [5.74, 6) is 0.838. The number of nitrogens with one attached hydrogen (secondary N) is 1. The summed E-state index contributed by atoms with van der Waals surface area (Å²) >= 11 is 0. The van der Waals surface area contributed by atoms with Gasteiger partial charge in [0.2, 0.25) is 0 Å². The molecule has 0 aliphatic carbocycles. The van der Waals surface area contributed by atoms with Crippen molar-refractivity contribution >= 4 is 5.91 Å². The van der Waals surface area contributed by atoms with Crippen LogP contribution in [0.4, 0.5) is 4.39 Å². The lowest BCUT2D eigenvalue weighted by atomic mass is 10.3.